The average molecular weight is 288 g/mol. The number of piperazine rings is 1. The standard InChI is InChI=1S/C14H16N4O3/c1-16-11(4-5-15-16)13(19)17-6-8-18(9-7-17)14(20)12-3-2-10-21-12/h2-5,10H,6-9H2,1H3. The monoisotopic (exact) mass is 288 g/mol. The van der Waals surface area contributed by atoms with Gasteiger partial charge in [0.2, 0.25) is 0 Å². The second kappa shape index (κ2) is 5.43. The molecule has 1 saturated heterocycles. The van der Waals surface area contributed by atoms with Crippen LogP contribution < -0.4 is 0 Å². The summed E-state index contributed by atoms with van der Waals surface area (Å²) < 4.78 is 6.67. The number of aromatic nitrogens is 2. The van der Waals surface area contributed by atoms with E-state index in [9.17, 15) is 9.59 Å². The van der Waals surface area contributed by atoms with E-state index in [1.54, 1.807) is 45.9 Å². The van der Waals surface area contributed by atoms with E-state index in [2.05, 4.69) is 5.10 Å². The molecule has 2 aromatic rings. The Morgan fingerprint density at radius 2 is 1.76 bits per heavy atom. The van der Waals surface area contributed by atoms with E-state index in [0.717, 1.165) is 0 Å². The zero-order valence-electron chi connectivity index (χ0n) is 11.7. The first-order chi connectivity index (χ1) is 10.2. The molecular weight excluding hydrogens is 272 g/mol. The molecule has 0 aliphatic carbocycles. The molecule has 3 heterocycles. The molecule has 1 fully saturated rings. The van der Waals surface area contributed by atoms with Gasteiger partial charge in [0.1, 0.15) is 5.69 Å². The summed E-state index contributed by atoms with van der Waals surface area (Å²) in [5.41, 5.74) is 0.556. The molecule has 1 aliphatic heterocycles. The molecule has 7 heteroatoms. The summed E-state index contributed by atoms with van der Waals surface area (Å²) in [4.78, 5) is 27.9. The first-order valence-corrected chi connectivity index (χ1v) is 6.77. The molecule has 0 N–H and O–H groups in total. The van der Waals surface area contributed by atoms with E-state index in [0.29, 0.717) is 37.6 Å². The molecule has 2 aromatic heterocycles. The van der Waals surface area contributed by atoms with Crippen molar-refractivity contribution in [2.24, 2.45) is 7.05 Å². The van der Waals surface area contributed by atoms with E-state index >= 15 is 0 Å². The fourth-order valence-corrected chi connectivity index (χ4v) is 2.41. The van der Waals surface area contributed by atoms with Crippen LogP contribution in [0.4, 0.5) is 0 Å². The van der Waals surface area contributed by atoms with E-state index in [-0.39, 0.29) is 11.8 Å². The van der Waals surface area contributed by atoms with Gasteiger partial charge in [0.05, 0.1) is 6.26 Å². The molecule has 2 amide bonds. The average Bonchev–Trinajstić information content (AvgIpc) is 3.17. The minimum absolute atomic E-state index is 0.0555. The van der Waals surface area contributed by atoms with Gasteiger partial charge in [-0.2, -0.15) is 5.10 Å². The Labute approximate surface area is 121 Å². The number of rotatable bonds is 2. The van der Waals surface area contributed by atoms with E-state index in [1.807, 2.05) is 0 Å². The predicted molar refractivity (Wildman–Crippen MR) is 73.7 cm³/mol. The molecule has 0 spiro atoms. The lowest BCUT2D eigenvalue weighted by Gasteiger charge is -2.34. The van der Waals surface area contributed by atoms with Crippen LogP contribution in [-0.2, 0) is 7.05 Å². The summed E-state index contributed by atoms with van der Waals surface area (Å²) in [5.74, 6) is 0.147. The number of carbonyl (C=O) groups is 2. The number of amides is 2. The van der Waals surface area contributed by atoms with Crippen LogP contribution in [0.25, 0.3) is 0 Å². The highest BCUT2D eigenvalue weighted by Crippen LogP contribution is 2.11. The smallest absolute Gasteiger partial charge is 0.289 e. The van der Waals surface area contributed by atoms with Crippen molar-refractivity contribution in [3.05, 3.63) is 42.1 Å². The van der Waals surface area contributed by atoms with Crippen LogP contribution in [0, 0.1) is 0 Å². The van der Waals surface area contributed by atoms with E-state index in [1.165, 1.54) is 6.26 Å². The predicted octanol–water partition coefficient (Wildman–Crippen LogP) is 0.611. The van der Waals surface area contributed by atoms with Crippen molar-refractivity contribution in [3.8, 4) is 0 Å². The normalized spacial score (nSPS) is 15.3. The van der Waals surface area contributed by atoms with Gasteiger partial charge < -0.3 is 14.2 Å². The van der Waals surface area contributed by atoms with Gasteiger partial charge in [-0.25, -0.2) is 0 Å². The van der Waals surface area contributed by atoms with Gasteiger partial charge >= 0.3 is 0 Å². The van der Waals surface area contributed by atoms with Crippen molar-refractivity contribution in [2.45, 2.75) is 0 Å². The number of aryl methyl sites for hydroxylation is 1. The van der Waals surface area contributed by atoms with Gasteiger partial charge in [0, 0.05) is 39.4 Å². The van der Waals surface area contributed by atoms with Crippen LogP contribution >= 0.6 is 0 Å². The number of hydrogen-bond donors (Lipinski definition) is 0. The molecule has 0 radical (unpaired) electrons. The largest absolute Gasteiger partial charge is 0.459 e. The minimum atomic E-state index is -0.132. The number of furan rings is 1. The minimum Gasteiger partial charge on any atom is -0.459 e. The summed E-state index contributed by atoms with van der Waals surface area (Å²) in [6.07, 6.45) is 3.08. The van der Waals surface area contributed by atoms with Crippen molar-refractivity contribution in [1.82, 2.24) is 19.6 Å². The zero-order chi connectivity index (χ0) is 14.8. The van der Waals surface area contributed by atoms with E-state index in [4.69, 9.17) is 4.42 Å². The Morgan fingerprint density at radius 1 is 1.10 bits per heavy atom. The second-order valence-corrected chi connectivity index (χ2v) is 4.90. The number of nitrogens with zero attached hydrogens (tertiary/aromatic N) is 4. The molecule has 7 nitrogen and oxygen atoms in total. The molecule has 21 heavy (non-hydrogen) atoms. The molecule has 0 saturated carbocycles. The second-order valence-electron chi connectivity index (χ2n) is 4.90. The summed E-state index contributed by atoms with van der Waals surface area (Å²) in [5, 5.41) is 4.00. The van der Waals surface area contributed by atoms with Crippen LogP contribution in [0.15, 0.2) is 35.1 Å². The van der Waals surface area contributed by atoms with Crippen molar-refractivity contribution < 1.29 is 14.0 Å². The molecular formula is C14H16N4O3. The maximum atomic E-state index is 12.3. The van der Waals surface area contributed by atoms with Crippen LogP contribution in [-0.4, -0.2) is 57.6 Å². The number of hydrogen-bond acceptors (Lipinski definition) is 4. The highest BCUT2D eigenvalue weighted by molar-refractivity contribution is 5.93. The third-order valence-corrected chi connectivity index (χ3v) is 3.63. The highest BCUT2D eigenvalue weighted by Gasteiger charge is 2.27. The lowest BCUT2D eigenvalue weighted by atomic mass is 10.2. The zero-order valence-corrected chi connectivity index (χ0v) is 11.7. The van der Waals surface area contributed by atoms with E-state index < -0.39 is 0 Å². The Hall–Kier alpha value is -2.57. The van der Waals surface area contributed by atoms with Gasteiger partial charge in [0.25, 0.3) is 11.8 Å². The molecule has 110 valence electrons. The maximum absolute atomic E-state index is 12.3. The topological polar surface area (TPSA) is 71.6 Å². The Bertz CT molecular complexity index is 639. The first-order valence-electron chi connectivity index (χ1n) is 6.77. The molecule has 0 atom stereocenters. The van der Waals surface area contributed by atoms with Crippen molar-refractivity contribution in [2.75, 3.05) is 26.2 Å². The van der Waals surface area contributed by atoms with Crippen molar-refractivity contribution >= 4 is 11.8 Å². The van der Waals surface area contributed by atoms with Gasteiger partial charge in [-0.15, -0.1) is 0 Å². The first kappa shape index (κ1) is 13.4. The summed E-state index contributed by atoms with van der Waals surface area (Å²) in [6.45, 7) is 2.03. The summed E-state index contributed by atoms with van der Waals surface area (Å²) in [6, 6.07) is 5.04. The van der Waals surface area contributed by atoms with Gasteiger partial charge in [-0.1, -0.05) is 0 Å². The molecule has 0 aromatic carbocycles. The van der Waals surface area contributed by atoms with Gasteiger partial charge in [-0.3, -0.25) is 14.3 Å². The van der Waals surface area contributed by atoms with Crippen molar-refractivity contribution in [3.63, 3.8) is 0 Å². The molecule has 0 unspecified atom stereocenters. The lowest BCUT2D eigenvalue weighted by molar-refractivity contribution is 0.0512. The fraction of sp³-hybridized carbons (Fsp3) is 0.357. The number of carbonyl (C=O) groups excluding carboxylic acids is 2. The Kier molecular flexibility index (Phi) is 3.47. The Morgan fingerprint density at radius 3 is 2.29 bits per heavy atom. The van der Waals surface area contributed by atoms with Crippen LogP contribution in [0.1, 0.15) is 21.0 Å². The summed E-state index contributed by atoms with van der Waals surface area (Å²) in [7, 11) is 1.74. The molecule has 3 rings (SSSR count). The van der Waals surface area contributed by atoms with Crippen molar-refractivity contribution in [1.29, 1.82) is 0 Å². The van der Waals surface area contributed by atoms with Crippen LogP contribution in [0.5, 0.6) is 0 Å². The lowest BCUT2D eigenvalue weighted by Crippen LogP contribution is -2.50. The van der Waals surface area contributed by atoms with Gasteiger partial charge in [0.15, 0.2) is 5.76 Å². The fourth-order valence-electron chi connectivity index (χ4n) is 2.41. The maximum Gasteiger partial charge on any atom is 0.289 e. The van der Waals surface area contributed by atoms with Gasteiger partial charge in [-0.05, 0) is 18.2 Å². The van der Waals surface area contributed by atoms with Crippen LogP contribution in [0.3, 0.4) is 0 Å². The van der Waals surface area contributed by atoms with Crippen LogP contribution in [0.2, 0.25) is 0 Å². The highest BCUT2D eigenvalue weighted by atomic mass is 16.3. The third-order valence-electron chi connectivity index (χ3n) is 3.63. The Balaban J connectivity index is 1.62. The third kappa shape index (κ3) is 2.54. The SMILES string of the molecule is Cn1nccc1C(=O)N1CCN(C(=O)c2ccco2)CC1. The quantitative estimate of drug-likeness (QED) is 0.812. The summed E-state index contributed by atoms with van der Waals surface area (Å²) >= 11 is 0. The molecule has 0 bridgehead atoms. The molecule has 1 aliphatic rings.